The van der Waals surface area contributed by atoms with Gasteiger partial charge in [-0.15, -0.1) is 13.2 Å². The van der Waals surface area contributed by atoms with Gasteiger partial charge in [0, 0.05) is 0 Å². The molecule has 1 rings (SSSR count). The van der Waals surface area contributed by atoms with Crippen LogP contribution in [-0.4, -0.2) is 18.9 Å². The standard InChI is InChI=1S/C13H12F3NO3/c1-3-19-12(18)6-9-4-8(2)11(5-10(9)7-17)20-13(14,15)16/h4-5H,3,6H2,1-2H3. The number of halogens is 3. The van der Waals surface area contributed by atoms with Crippen molar-refractivity contribution in [1.82, 2.24) is 0 Å². The molecule has 0 N–H and O–H groups in total. The van der Waals surface area contributed by atoms with Gasteiger partial charge in [0.05, 0.1) is 24.7 Å². The number of hydrogen-bond acceptors (Lipinski definition) is 4. The molecule has 1 aromatic rings. The zero-order valence-corrected chi connectivity index (χ0v) is 10.9. The number of alkyl halides is 3. The number of carbonyl (C=O) groups excluding carboxylic acids is 1. The normalized spacial score (nSPS) is 10.8. The molecule has 7 heteroatoms. The summed E-state index contributed by atoms with van der Waals surface area (Å²) in [6, 6.07) is 4.03. The molecule has 0 aromatic heterocycles. The Hall–Kier alpha value is -2.23. The zero-order chi connectivity index (χ0) is 15.3. The Morgan fingerprint density at radius 2 is 2.05 bits per heavy atom. The molecule has 0 bridgehead atoms. The van der Waals surface area contributed by atoms with Crippen LogP contribution in [0.2, 0.25) is 0 Å². The van der Waals surface area contributed by atoms with Crippen molar-refractivity contribution in [2.75, 3.05) is 6.61 Å². The summed E-state index contributed by atoms with van der Waals surface area (Å²) in [5, 5.41) is 8.94. The maximum atomic E-state index is 12.2. The fourth-order valence-electron chi connectivity index (χ4n) is 1.60. The molecular weight excluding hydrogens is 275 g/mol. The van der Waals surface area contributed by atoms with Crippen LogP contribution in [0.3, 0.4) is 0 Å². The van der Waals surface area contributed by atoms with Gasteiger partial charge in [-0.3, -0.25) is 4.79 Å². The molecule has 0 aliphatic carbocycles. The first-order valence-electron chi connectivity index (χ1n) is 5.71. The fraction of sp³-hybridized carbons (Fsp3) is 0.385. The van der Waals surface area contributed by atoms with Gasteiger partial charge >= 0.3 is 12.3 Å². The van der Waals surface area contributed by atoms with Crippen LogP contribution in [0.25, 0.3) is 0 Å². The number of hydrogen-bond donors (Lipinski definition) is 0. The van der Waals surface area contributed by atoms with Crippen LogP contribution in [0.1, 0.15) is 23.6 Å². The van der Waals surface area contributed by atoms with E-state index >= 15 is 0 Å². The summed E-state index contributed by atoms with van der Waals surface area (Å²) in [5.41, 5.74) is 0.432. The number of aryl methyl sites for hydroxylation is 1. The van der Waals surface area contributed by atoms with Gasteiger partial charge in [-0.1, -0.05) is 6.07 Å². The van der Waals surface area contributed by atoms with Crippen LogP contribution in [0.5, 0.6) is 5.75 Å². The number of benzene rings is 1. The third-order valence-corrected chi connectivity index (χ3v) is 2.39. The highest BCUT2D eigenvalue weighted by Crippen LogP contribution is 2.29. The maximum Gasteiger partial charge on any atom is 0.573 e. The van der Waals surface area contributed by atoms with E-state index in [1.807, 2.05) is 0 Å². The van der Waals surface area contributed by atoms with Gasteiger partial charge in [0.15, 0.2) is 0 Å². The van der Waals surface area contributed by atoms with E-state index in [1.165, 1.54) is 13.0 Å². The van der Waals surface area contributed by atoms with E-state index in [0.29, 0.717) is 5.56 Å². The van der Waals surface area contributed by atoms with Gasteiger partial charge in [0.1, 0.15) is 5.75 Å². The highest BCUT2D eigenvalue weighted by atomic mass is 19.4. The number of nitriles is 1. The van der Waals surface area contributed by atoms with Crippen molar-refractivity contribution in [2.45, 2.75) is 26.6 Å². The second-order valence-electron chi connectivity index (χ2n) is 3.92. The number of ether oxygens (including phenoxy) is 2. The first-order valence-corrected chi connectivity index (χ1v) is 5.71. The lowest BCUT2D eigenvalue weighted by molar-refractivity contribution is -0.274. The Kier molecular flexibility index (Phi) is 4.97. The van der Waals surface area contributed by atoms with Gasteiger partial charge in [0.25, 0.3) is 0 Å². The Morgan fingerprint density at radius 1 is 1.40 bits per heavy atom. The minimum absolute atomic E-state index is 0.0529. The van der Waals surface area contributed by atoms with Gasteiger partial charge < -0.3 is 9.47 Å². The van der Waals surface area contributed by atoms with Gasteiger partial charge in [0.2, 0.25) is 0 Å². The lowest BCUT2D eigenvalue weighted by Gasteiger charge is -2.13. The Balaban J connectivity index is 3.08. The molecule has 0 aliphatic heterocycles. The van der Waals surface area contributed by atoms with Crippen molar-refractivity contribution < 1.29 is 27.4 Å². The van der Waals surface area contributed by atoms with Crippen molar-refractivity contribution in [2.24, 2.45) is 0 Å². The largest absolute Gasteiger partial charge is 0.573 e. The SMILES string of the molecule is CCOC(=O)Cc1cc(C)c(OC(F)(F)F)cc1C#N. The molecule has 0 spiro atoms. The van der Waals surface area contributed by atoms with E-state index in [1.54, 1.807) is 13.0 Å². The molecule has 0 saturated carbocycles. The first kappa shape index (κ1) is 15.8. The van der Waals surface area contributed by atoms with Crippen molar-refractivity contribution in [3.05, 3.63) is 28.8 Å². The monoisotopic (exact) mass is 287 g/mol. The highest BCUT2D eigenvalue weighted by Gasteiger charge is 2.32. The average Bonchev–Trinajstić information content (AvgIpc) is 2.31. The quantitative estimate of drug-likeness (QED) is 0.799. The van der Waals surface area contributed by atoms with Crippen LogP contribution < -0.4 is 4.74 Å². The smallest absolute Gasteiger partial charge is 0.466 e. The summed E-state index contributed by atoms with van der Waals surface area (Å²) in [6.45, 7) is 3.22. The predicted octanol–water partition coefficient (Wildman–Crippen LogP) is 2.87. The third kappa shape index (κ3) is 4.46. The lowest BCUT2D eigenvalue weighted by atomic mass is 10.0. The van der Waals surface area contributed by atoms with E-state index in [2.05, 4.69) is 4.74 Å². The number of rotatable bonds is 4. The number of carbonyl (C=O) groups is 1. The zero-order valence-electron chi connectivity index (χ0n) is 10.9. The summed E-state index contributed by atoms with van der Waals surface area (Å²) in [5.74, 6) is -1.01. The minimum atomic E-state index is -4.83. The minimum Gasteiger partial charge on any atom is -0.466 e. The summed E-state index contributed by atoms with van der Waals surface area (Å²) >= 11 is 0. The molecule has 20 heavy (non-hydrogen) atoms. The topological polar surface area (TPSA) is 59.3 Å². The maximum absolute atomic E-state index is 12.2. The van der Waals surface area contributed by atoms with Gasteiger partial charge in [-0.05, 0) is 31.0 Å². The highest BCUT2D eigenvalue weighted by molar-refractivity contribution is 5.74. The van der Waals surface area contributed by atoms with Crippen LogP contribution >= 0.6 is 0 Å². The lowest BCUT2D eigenvalue weighted by Crippen LogP contribution is -2.18. The molecule has 0 aliphatic rings. The molecule has 0 heterocycles. The Bertz CT molecular complexity index is 547. The summed E-state index contributed by atoms with van der Waals surface area (Å²) < 4.78 is 45.1. The molecule has 0 radical (unpaired) electrons. The summed E-state index contributed by atoms with van der Waals surface area (Å²) in [6.07, 6.45) is -5.01. The van der Waals surface area contributed by atoms with Crippen LogP contribution in [0.4, 0.5) is 13.2 Å². The molecular formula is C13H12F3NO3. The second kappa shape index (κ2) is 6.28. The molecule has 4 nitrogen and oxygen atoms in total. The van der Waals surface area contributed by atoms with E-state index in [4.69, 9.17) is 10.00 Å². The second-order valence-corrected chi connectivity index (χ2v) is 3.92. The predicted molar refractivity (Wildman–Crippen MR) is 62.9 cm³/mol. The number of esters is 1. The van der Waals surface area contributed by atoms with Gasteiger partial charge in [-0.2, -0.15) is 5.26 Å². The van der Waals surface area contributed by atoms with Crippen molar-refractivity contribution in [3.63, 3.8) is 0 Å². The number of nitrogens with zero attached hydrogens (tertiary/aromatic N) is 1. The first-order chi connectivity index (χ1) is 9.26. The Labute approximate surface area is 113 Å². The van der Waals surface area contributed by atoms with E-state index in [9.17, 15) is 18.0 Å². The molecule has 1 aromatic carbocycles. The van der Waals surface area contributed by atoms with Crippen molar-refractivity contribution in [3.8, 4) is 11.8 Å². The molecule has 0 saturated heterocycles. The summed E-state index contributed by atoms with van der Waals surface area (Å²) in [7, 11) is 0. The van der Waals surface area contributed by atoms with Crippen molar-refractivity contribution >= 4 is 5.97 Å². The van der Waals surface area contributed by atoms with Crippen LogP contribution in [-0.2, 0) is 16.0 Å². The molecule has 0 atom stereocenters. The average molecular weight is 287 g/mol. The Morgan fingerprint density at radius 3 is 2.55 bits per heavy atom. The summed E-state index contributed by atoms with van der Waals surface area (Å²) in [4.78, 5) is 11.4. The third-order valence-electron chi connectivity index (χ3n) is 2.39. The fourth-order valence-corrected chi connectivity index (χ4v) is 1.60. The van der Waals surface area contributed by atoms with Crippen LogP contribution in [0.15, 0.2) is 12.1 Å². The molecule has 108 valence electrons. The van der Waals surface area contributed by atoms with Crippen LogP contribution in [0, 0.1) is 18.3 Å². The van der Waals surface area contributed by atoms with E-state index in [0.717, 1.165) is 6.07 Å². The molecule has 0 fully saturated rings. The van der Waals surface area contributed by atoms with Crippen molar-refractivity contribution in [1.29, 1.82) is 5.26 Å². The molecule has 0 amide bonds. The van der Waals surface area contributed by atoms with Gasteiger partial charge in [-0.25, -0.2) is 0 Å². The van der Waals surface area contributed by atoms with E-state index < -0.39 is 18.1 Å². The van der Waals surface area contributed by atoms with E-state index in [-0.39, 0.29) is 24.2 Å². The molecule has 0 unspecified atom stereocenters.